The number of aliphatic hydroxyl groups excluding tert-OH is 1. The van der Waals surface area contributed by atoms with Crippen molar-refractivity contribution in [3.8, 4) is 6.07 Å². The van der Waals surface area contributed by atoms with E-state index >= 15 is 4.39 Å². The van der Waals surface area contributed by atoms with Crippen LogP contribution in [-0.4, -0.2) is 42.8 Å². The van der Waals surface area contributed by atoms with Gasteiger partial charge < -0.3 is 15.2 Å². The molecule has 1 fully saturated rings. The van der Waals surface area contributed by atoms with Crippen LogP contribution in [-0.2, 0) is 14.9 Å². The Kier molecular flexibility index (Phi) is 9.54. The molecule has 36 heavy (non-hydrogen) atoms. The summed E-state index contributed by atoms with van der Waals surface area (Å²) in [7, 11) is 0. The van der Waals surface area contributed by atoms with Gasteiger partial charge in [-0.25, -0.2) is 4.39 Å². The molecule has 0 amide bonds. The van der Waals surface area contributed by atoms with E-state index in [-0.39, 0.29) is 41.4 Å². The molecule has 0 aliphatic carbocycles. The normalized spacial score (nSPS) is 24.0. The van der Waals surface area contributed by atoms with Crippen LogP contribution in [0.25, 0.3) is 0 Å². The van der Waals surface area contributed by atoms with E-state index in [0.29, 0.717) is 30.0 Å². The van der Waals surface area contributed by atoms with E-state index < -0.39 is 29.2 Å². The Morgan fingerprint density at radius 3 is 2.50 bits per heavy atom. The van der Waals surface area contributed by atoms with Crippen molar-refractivity contribution >= 4 is 29.0 Å². The second-order valence-corrected chi connectivity index (χ2v) is 11.3. The molecule has 1 saturated heterocycles. The summed E-state index contributed by atoms with van der Waals surface area (Å²) in [5.74, 6) is -1.57. The molecule has 1 aliphatic heterocycles. The fraction of sp³-hybridized carbons (Fsp3) is 0.500. The van der Waals surface area contributed by atoms with Crippen molar-refractivity contribution in [2.24, 2.45) is 5.41 Å². The first-order valence-corrected chi connectivity index (χ1v) is 12.9. The highest BCUT2D eigenvalue weighted by Gasteiger charge is 2.59. The van der Waals surface area contributed by atoms with Gasteiger partial charge in [0, 0.05) is 30.0 Å². The highest BCUT2D eigenvalue weighted by atomic mass is 35.5. The summed E-state index contributed by atoms with van der Waals surface area (Å²) in [5.41, 5.74) is -0.531. The monoisotopic (exact) mass is 534 g/mol. The van der Waals surface area contributed by atoms with Crippen LogP contribution in [0, 0.1) is 22.6 Å². The number of carbonyl (C=O) groups excluding carboxylic acids is 1. The highest BCUT2D eigenvalue weighted by Crippen LogP contribution is 2.52. The lowest BCUT2D eigenvalue weighted by atomic mass is 9.62. The molecule has 0 saturated carbocycles. The van der Waals surface area contributed by atoms with E-state index in [4.69, 9.17) is 33.0 Å². The smallest absolute Gasteiger partial charge is 0.150 e. The zero-order valence-electron chi connectivity index (χ0n) is 20.9. The molecule has 0 spiro atoms. The van der Waals surface area contributed by atoms with Gasteiger partial charge in [0.25, 0.3) is 0 Å². The maximum Gasteiger partial charge on any atom is 0.150 e. The molecule has 0 bridgehead atoms. The minimum atomic E-state index is -1.25. The highest BCUT2D eigenvalue weighted by molar-refractivity contribution is 6.31. The number of carbonyl (C=O) groups is 1. The zero-order valence-corrected chi connectivity index (χ0v) is 22.4. The number of nitrogens with one attached hydrogen (secondary N) is 1. The van der Waals surface area contributed by atoms with Crippen molar-refractivity contribution in [3.63, 3.8) is 0 Å². The lowest BCUT2D eigenvalue weighted by molar-refractivity contribution is -0.121. The van der Waals surface area contributed by atoms with Crippen LogP contribution in [0.15, 0.2) is 42.5 Å². The van der Waals surface area contributed by atoms with Crippen LogP contribution in [0.2, 0.25) is 10.0 Å². The Morgan fingerprint density at radius 2 is 1.89 bits per heavy atom. The van der Waals surface area contributed by atoms with Crippen molar-refractivity contribution in [1.82, 2.24) is 5.32 Å². The zero-order chi connectivity index (χ0) is 26.5. The van der Waals surface area contributed by atoms with E-state index in [1.165, 1.54) is 6.07 Å². The predicted molar refractivity (Wildman–Crippen MR) is 140 cm³/mol. The van der Waals surface area contributed by atoms with Gasteiger partial charge in [-0.2, -0.15) is 5.26 Å². The van der Waals surface area contributed by atoms with E-state index in [2.05, 4.69) is 32.2 Å². The van der Waals surface area contributed by atoms with Crippen LogP contribution in [0.5, 0.6) is 0 Å². The number of nitrogens with zero attached hydrogens (tertiary/aromatic N) is 1. The molecule has 1 heterocycles. The van der Waals surface area contributed by atoms with Gasteiger partial charge in [-0.05, 0) is 47.6 Å². The first-order valence-electron chi connectivity index (χ1n) is 12.1. The molecule has 194 valence electrons. The molecule has 0 unspecified atom stereocenters. The van der Waals surface area contributed by atoms with Crippen LogP contribution < -0.4 is 5.32 Å². The van der Waals surface area contributed by atoms with Crippen LogP contribution in [0.1, 0.15) is 57.1 Å². The topological polar surface area (TPSA) is 82.3 Å². The number of aliphatic hydroxyl groups is 1. The summed E-state index contributed by atoms with van der Waals surface area (Å²) in [6.07, 6.45) is 1.21. The average molecular weight is 535 g/mol. The van der Waals surface area contributed by atoms with E-state index in [0.717, 1.165) is 0 Å². The first kappa shape index (κ1) is 28.6. The third kappa shape index (κ3) is 6.10. The number of ether oxygens (including phenoxy) is 1. The van der Waals surface area contributed by atoms with Crippen LogP contribution in [0.4, 0.5) is 4.39 Å². The van der Waals surface area contributed by atoms with Gasteiger partial charge in [-0.15, -0.1) is 0 Å². The minimum absolute atomic E-state index is 0.0571. The minimum Gasteiger partial charge on any atom is -0.394 e. The van der Waals surface area contributed by atoms with Crippen LogP contribution >= 0.6 is 23.2 Å². The van der Waals surface area contributed by atoms with Crippen molar-refractivity contribution in [1.29, 1.82) is 5.26 Å². The summed E-state index contributed by atoms with van der Waals surface area (Å²) in [6, 6.07) is 13.0. The first-order chi connectivity index (χ1) is 17.0. The predicted octanol–water partition coefficient (Wildman–Crippen LogP) is 5.81. The van der Waals surface area contributed by atoms with Crippen molar-refractivity contribution in [2.45, 2.75) is 63.5 Å². The number of Topliss-reactive ketones (excluding diaryl/α,β-unsaturated/α-hetero) is 1. The SMILES string of the molecule is CC(C)(C)C[C@@H]1N[C@@H](C(=O)CCCOCCO)[C@H](c2cccc(Cl)c2F)[C@@]1(C#N)c1ccc(Cl)cc1. The second kappa shape index (κ2) is 12.0. The maximum absolute atomic E-state index is 15.6. The van der Waals surface area contributed by atoms with Crippen molar-refractivity contribution < 1.29 is 19.0 Å². The summed E-state index contributed by atoms with van der Waals surface area (Å²) < 4.78 is 20.9. The fourth-order valence-electron chi connectivity index (χ4n) is 5.21. The summed E-state index contributed by atoms with van der Waals surface area (Å²) >= 11 is 12.3. The van der Waals surface area contributed by atoms with Gasteiger partial charge in [0.05, 0.1) is 30.3 Å². The summed E-state index contributed by atoms with van der Waals surface area (Å²) in [6.45, 7) is 6.65. The fourth-order valence-corrected chi connectivity index (χ4v) is 5.52. The van der Waals surface area contributed by atoms with Gasteiger partial charge in [0.1, 0.15) is 11.2 Å². The van der Waals surface area contributed by atoms with E-state index in [1.807, 2.05) is 0 Å². The summed E-state index contributed by atoms with van der Waals surface area (Å²) in [4.78, 5) is 13.6. The van der Waals surface area contributed by atoms with Crippen LogP contribution in [0.3, 0.4) is 0 Å². The maximum atomic E-state index is 15.6. The third-order valence-corrected chi connectivity index (χ3v) is 7.23. The van der Waals surface area contributed by atoms with Gasteiger partial charge in [0.2, 0.25) is 0 Å². The van der Waals surface area contributed by atoms with Crippen molar-refractivity contribution in [3.05, 3.63) is 69.5 Å². The molecule has 3 rings (SSSR count). The number of nitriles is 1. The number of benzene rings is 2. The van der Waals surface area contributed by atoms with E-state index in [9.17, 15) is 10.1 Å². The summed E-state index contributed by atoms with van der Waals surface area (Å²) in [5, 5.41) is 23.7. The van der Waals surface area contributed by atoms with Crippen molar-refractivity contribution in [2.75, 3.05) is 19.8 Å². The lowest BCUT2D eigenvalue weighted by Crippen LogP contribution is -2.44. The quantitative estimate of drug-likeness (QED) is 0.375. The lowest BCUT2D eigenvalue weighted by Gasteiger charge is -2.37. The average Bonchev–Trinajstić information content (AvgIpc) is 3.14. The Bertz CT molecular complexity index is 1100. The van der Waals surface area contributed by atoms with Gasteiger partial charge >= 0.3 is 0 Å². The van der Waals surface area contributed by atoms with E-state index in [1.54, 1.807) is 36.4 Å². The van der Waals surface area contributed by atoms with Gasteiger partial charge in [0.15, 0.2) is 5.78 Å². The number of halogens is 3. The number of hydrogen-bond acceptors (Lipinski definition) is 5. The molecule has 2 aromatic carbocycles. The van der Waals surface area contributed by atoms with Gasteiger partial charge in [-0.1, -0.05) is 68.2 Å². The Balaban J connectivity index is 2.15. The molecule has 5 nitrogen and oxygen atoms in total. The molecule has 2 N–H and O–H groups in total. The molecule has 8 heteroatoms. The number of rotatable bonds is 10. The molecule has 2 aromatic rings. The number of hydrogen-bond donors (Lipinski definition) is 2. The molecule has 0 radical (unpaired) electrons. The largest absolute Gasteiger partial charge is 0.394 e. The Morgan fingerprint density at radius 1 is 1.19 bits per heavy atom. The number of ketones is 1. The third-order valence-electron chi connectivity index (χ3n) is 6.69. The molecule has 0 aromatic heterocycles. The molecule has 4 atom stereocenters. The Labute approximate surface area is 222 Å². The Hall–Kier alpha value is -2.01. The molecular formula is C28H33Cl2FN2O3. The standard InChI is InChI=1S/C28H33Cl2FN2O3/c1-27(2,3)16-23-28(17-32,18-9-11-19(29)12-10-18)24(20-6-4-7-21(30)25(20)31)26(33-23)22(35)8-5-14-36-15-13-34/h4,6-7,9-12,23-24,26,33-34H,5,8,13-16H2,1-3H3/t23-,24-,26-,28-/m0/s1. The molecular weight excluding hydrogens is 502 g/mol. The molecule has 1 aliphatic rings. The van der Waals surface area contributed by atoms with Gasteiger partial charge in [-0.3, -0.25) is 4.79 Å². The second-order valence-electron chi connectivity index (χ2n) is 10.5.